The molecule has 1 atom stereocenters. The summed E-state index contributed by atoms with van der Waals surface area (Å²) in [5.74, 6) is -0.938. The van der Waals surface area contributed by atoms with Gasteiger partial charge in [0.25, 0.3) is 11.7 Å². The molecule has 1 heterocycles. The van der Waals surface area contributed by atoms with Gasteiger partial charge in [-0.1, -0.05) is 41.4 Å². The molecule has 1 fully saturated rings. The molecule has 7 nitrogen and oxygen atoms in total. The molecule has 0 saturated carbocycles. The predicted octanol–water partition coefficient (Wildman–Crippen LogP) is 6.43. The van der Waals surface area contributed by atoms with Gasteiger partial charge < -0.3 is 19.3 Å². The minimum Gasteiger partial charge on any atom is -0.507 e. The number of ether oxygens (including phenoxy) is 3. The average molecular weight is 542 g/mol. The van der Waals surface area contributed by atoms with E-state index in [4.69, 9.17) is 37.4 Å². The normalized spacial score (nSPS) is 16.7. The van der Waals surface area contributed by atoms with Crippen molar-refractivity contribution in [1.29, 1.82) is 0 Å². The van der Waals surface area contributed by atoms with Gasteiger partial charge in [-0.3, -0.25) is 14.5 Å². The van der Waals surface area contributed by atoms with E-state index in [0.717, 1.165) is 0 Å². The summed E-state index contributed by atoms with van der Waals surface area (Å²) in [6.45, 7) is 4.56. The number of nitrogens with zero attached hydrogens (tertiary/aromatic N) is 1. The predicted molar refractivity (Wildman–Crippen MR) is 143 cm³/mol. The highest BCUT2D eigenvalue weighted by Gasteiger charge is 2.47. The lowest BCUT2D eigenvalue weighted by Crippen LogP contribution is -2.29. The van der Waals surface area contributed by atoms with E-state index < -0.39 is 23.5 Å². The van der Waals surface area contributed by atoms with Gasteiger partial charge in [-0.15, -0.1) is 0 Å². The number of rotatable bonds is 8. The summed E-state index contributed by atoms with van der Waals surface area (Å²) < 4.78 is 16.7. The number of amides is 1. The van der Waals surface area contributed by atoms with Crippen LogP contribution in [0, 0.1) is 0 Å². The van der Waals surface area contributed by atoms with Crippen LogP contribution in [0.2, 0.25) is 10.0 Å². The molecule has 0 aliphatic carbocycles. The Labute approximate surface area is 224 Å². The molecule has 9 heteroatoms. The average Bonchev–Trinajstić information content (AvgIpc) is 3.14. The molecule has 192 valence electrons. The largest absolute Gasteiger partial charge is 0.507 e. The summed E-state index contributed by atoms with van der Waals surface area (Å²) in [4.78, 5) is 28.3. The third-order valence-corrected chi connectivity index (χ3v) is 6.30. The molecule has 1 N–H and O–H groups in total. The summed E-state index contributed by atoms with van der Waals surface area (Å²) in [7, 11) is 1.38. The third kappa shape index (κ3) is 5.10. The van der Waals surface area contributed by atoms with Crippen LogP contribution in [0.1, 0.15) is 31.0 Å². The van der Waals surface area contributed by atoms with Crippen LogP contribution in [0.5, 0.6) is 17.2 Å². The van der Waals surface area contributed by atoms with E-state index in [-0.39, 0.29) is 26.9 Å². The molecule has 0 aromatic heterocycles. The maximum Gasteiger partial charge on any atom is 0.300 e. The van der Waals surface area contributed by atoms with Gasteiger partial charge in [0.2, 0.25) is 0 Å². The van der Waals surface area contributed by atoms with E-state index in [0.29, 0.717) is 36.0 Å². The van der Waals surface area contributed by atoms with Gasteiger partial charge in [0, 0.05) is 16.8 Å². The summed E-state index contributed by atoms with van der Waals surface area (Å²) in [5.41, 5.74) is 0.930. The number of halogens is 2. The van der Waals surface area contributed by atoms with Crippen molar-refractivity contribution < 1.29 is 28.9 Å². The highest BCUT2D eigenvalue weighted by molar-refractivity contribution is 6.52. The van der Waals surface area contributed by atoms with Crippen molar-refractivity contribution in [3.8, 4) is 17.2 Å². The Kier molecular flexibility index (Phi) is 7.95. The van der Waals surface area contributed by atoms with E-state index >= 15 is 0 Å². The van der Waals surface area contributed by atoms with Crippen molar-refractivity contribution in [1.82, 2.24) is 0 Å². The number of methoxy groups -OCH3 is 1. The van der Waals surface area contributed by atoms with Gasteiger partial charge in [-0.2, -0.15) is 0 Å². The molecule has 1 aliphatic rings. The first kappa shape index (κ1) is 26.4. The van der Waals surface area contributed by atoms with Gasteiger partial charge in [-0.05, 0) is 55.8 Å². The Hall–Kier alpha value is -3.68. The lowest BCUT2D eigenvalue weighted by Gasteiger charge is -2.26. The molecule has 1 unspecified atom stereocenters. The number of benzene rings is 3. The molecular weight excluding hydrogens is 517 g/mol. The smallest absolute Gasteiger partial charge is 0.300 e. The topological polar surface area (TPSA) is 85.3 Å². The minimum atomic E-state index is -0.986. The van der Waals surface area contributed by atoms with Gasteiger partial charge in [0.15, 0.2) is 0 Å². The third-order valence-electron chi connectivity index (χ3n) is 5.80. The van der Waals surface area contributed by atoms with Crippen molar-refractivity contribution in [2.75, 3.05) is 25.2 Å². The number of aliphatic hydroxyl groups excluding tert-OH is 1. The van der Waals surface area contributed by atoms with E-state index in [1.165, 1.54) is 24.1 Å². The lowest BCUT2D eigenvalue weighted by atomic mass is 9.94. The summed E-state index contributed by atoms with van der Waals surface area (Å²) >= 11 is 12.5. The standard InChI is InChI=1S/C28H25Cl2NO6/c1-4-36-19-10-6-8-16(12-19)24-23(25(32)21-13-17(29)14-22(30)27(21)35-3)26(33)28(34)31(24)18-9-7-11-20(15-18)37-5-2/h6-15,24,32H,4-5H2,1-3H3/b25-23+. The second-order valence-electron chi connectivity index (χ2n) is 8.07. The van der Waals surface area contributed by atoms with E-state index in [1.807, 2.05) is 13.8 Å². The number of Topliss-reactive ketones (excluding diaryl/α,β-unsaturated/α-hetero) is 1. The molecular formula is C28H25Cl2NO6. The van der Waals surface area contributed by atoms with Gasteiger partial charge >= 0.3 is 0 Å². The maximum atomic E-state index is 13.5. The second-order valence-corrected chi connectivity index (χ2v) is 8.92. The Bertz CT molecular complexity index is 1390. The molecule has 0 bridgehead atoms. The number of hydrogen-bond acceptors (Lipinski definition) is 6. The molecule has 37 heavy (non-hydrogen) atoms. The first-order chi connectivity index (χ1) is 17.8. The van der Waals surface area contributed by atoms with Crippen LogP contribution >= 0.6 is 23.2 Å². The van der Waals surface area contributed by atoms with Crippen LogP contribution in [0.25, 0.3) is 5.76 Å². The van der Waals surface area contributed by atoms with Crippen LogP contribution in [0.15, 0.2) is 66.2 Å². The minimum absolute atomic E-state index is 0.0898. The zero-order valence-corrected chi connectivity index (χ0v) is 22.0. The molecule has 3 aromatic carbocycles. The first-order valence-corrected chi connectivity index (χ1v) is 12.4. The summed E-state index contributed by atoms with van der Waals surface area (Å²) in [6, 6.07) is 15.8. The molecule has 0 spiro atoms. The summed E-state index contributed by atoms with van der Waals surface area (Å²) in [5, 5.41) is 11.9. The Morgan fingerprint density at radius 1 is 0.946 bits per heavy atom. The number of carbonyl (C=O) groups excluding carboxylic acids is 2. The molecule has 4 rings (SSSR count). The lowest BCUT2D eigenvalue weighted by molar-refractivity contribution is -0.132. The van der Waals surface area contributed by atoms with Crippen LogP contribution < -0.4 is 19.1 Å². The molecule has 1 aliphatic heterocycles. The summed E-state index contributed by atoms with van der Waals surface area (Å²) in [6.07, 6.45) is 0. The van der Waals surface area contributed by atoms with Crippen molar-refractivity contribution in [2.45, 2.75) is 19.9 Å². The monoisotopic (exact) mass is 541 g/mol. The van der Waals surface area contributed by atoms with Gasteiger partial charge in [0.1, 0.15) is 23.0 Å². The van der Waals surface area contributed by atoms with Gasteiger partial charge in [-0.25, -0.2) is 0 Å². The fraction of sp³-hybridized carbons (Fsp3) is 0.214. The number of anilines is 1. The zero-order valence-electron chi connectivity index (χ0n) is 20.5. The quantitative estimate of drug-likeness (QED) is 0.201. The van der Waals surface area contributed by atoms with Crippen molar-refractivity contribution >= 4 is 46.3 Å². The van der Waals surface area contributed by atoms with Crippen molar-refractivity contribution in [3.05, 3.63) is 87.4 Å². The fourth-order valence-corrected chi connectivity index (χ4v) is 4.90. The van der Waals surface area contributed by atoms with Crippen LogP contribution in [0.3, 0.4) is 0 Å². The number of ketones is 1. The Morgan fingerprint density at radius 3 is 2.24 bits per heavy atom. The molecule has 0 radical (unpaired) electrons. The molecule has 1 saturated heterocycles. The van der Waals surface area contributed by atoms with E-state index in [1.54, 1.807) is 48.5 Å². The first-order valence-electron chi connectivity index (χ1n) is 11.6. The SMILES string of the molecule is CCOc1cccc(C2/C(=C(\O)c3cc(Cl)cc(Cl)c3OC)C(=O)C(=O)N2c2cccc(OCC)c2)c1. The molecule has 3 aromatic rings. The highest BCUT2D eigenvalue weighted by Crippen LogP contribution is 2.45. The number of carbonyl (C=O) groups is 2. The number of hydrogen-bond donors (Lipinski definition) is 1. The molecule has 1 amide bonds. The highest BCUT2D eigenvalue weighted by atomic mass is 35.5. The van der Waals surface area contributed by atoms with E-state index in [2.05, 4.69) is 0 Å². The number of aliphatic hydroxyl groups is 1. The van der Waals surface area contributed by atoms with Crippen LogP contribution in [-0.4, -0.2) is 37.1 Å². The van der Waals surface area contributed by atoms with Crippen LogP contribution in [-0.2, 0) is 9.59 Å². The maximum absolute atomic E-state index is 13.5. The Morgan fingerprint density at radius 2 is 1.59 bits per heavy atom. The van der Waals surface area contributed by atoms with Gasteiger partial charge in [0.05, 0.1) is 42.5 Å². The van der Waals surface area contributed by atoms with Crippen molar-refractivity contribution in [3.63, 3.8) is 0 Å². The fourth-order valence-electron chi connectivity index (χ4n) is 4.33. The van der Waals surface area contributed by atoms with Crippen LogP contribution in [0.4, 0.5) is 5.69 Å². The zero-order chi connectivity index (χ0) is 26.7. The Balaban J connectivity index is 1.99. The van der Waals surface area contributed by atoms with Crippen molar-refractivity contribution in [2.24, 2.45) is 0 Å². The van der Waals surface area contributed by atoms with E-state index in [9.17, 15) is 14.7 Å². The second kappa shape index (κ2) is 11.2.